The summed E-state index contributed by atoms with van der Waals surface area (Å²) in [6.07, 6.45) is 1.83. The third kappa shape index (κ3) is 3.13. The summed E-state index contributed by atoms with van der Waals surface area (Å²) in [6, 6.07) is 5.75. The first-order valence-corrected chi connectivity index (χ1v) is 6.72. The van der Waals surface area contributed by atoms with Crippen molar-refractivity contribution in [1.29, 1.82) is 0 Å². The molecule has 0 unspecified atom stereocenters. The van der Waals surface area contributed by atoms with Gasteiger partial charge in [0.05, 0.1) is 18.3 Å². The van der Waals surface area contributed by atoms with Crippen molar-refractivity contribution in [3.8, 4) is 5.88 Å². The number of nitrogens with one attached hydrogen (secondary N) is 1. The molecule has 3 N–H and O–H groups in total. The maximum atomic E-state index is 5.85. The number of nitrogens with zero attached hydrogens (tertiary/aromatic N) is 1. The van der Waals surface area contributed by atoms with E-state index in [9.17, 15) is 0 Å². The number of rotatable bonds is 5. The average molecular weight is 263 g/mol. The second-order valence-corrected chi connectivity index (χ2v) is 5.18. The largest absolute Gasteiger partial charge is 0.473 e. The van der Waals surface area contributed by atoms with E-state index in [0.717, 1.165) is 16.3 Å². The molecule has 0 saturated carbocycles. The Kier molecular flexibility index (Phi) is 4.04. The van der Waals surface area contributed by atoms with E-state index in [-0.39, 0.29) is 6.10 Å². The van der Waals surface area contributed by atoms with Crippen molar-refractivity contribution in [2.45, 2.75) is 26.5 Å². The van der Waals surface area contributed by atoms with E-state index in [2.05, 4.69) is 10.3 Å². The number of hydrogen-bond donors (Lipinski definition) is 2. The van der Waals surface area contributed by atoms with Crippen LogP contribution in [0.25, 0.3) is 0 Å². The number of hydrogen-bond acceptors (Lipinski definition) is 5. The molecule has 0 bridgehead atoms. The van der Waals surface area contributed by atoms with Crippen LogP contribution in [0.1, 0.15) is 18.7 Å². The Morgan fingerprint density at radius 1 is 1.44 bits per heavy atom. The standard InChI is InChI=1S/C13H17N3OS/c1-9(2)17-13-11(4-3-6-15-13)16-8-12-10(14)5-7-18-12/h3-7,9,16H,8,14H2,1-2H3. The summed E-state index contributed by atoms with van der Waals surface area (Å²) in [4.78, 5) is 5.35. The van der Waals surface area contributed by atoms with E-state index in [0.29, 0.717) is 12.4 Å². The van der Waals surface area contributed by atoms with Crippen LogP contribution in [-0.4, -0.2) is 11.1 Å². The molecule has 0 atom stereocenters. The molecule has 0 aliphatic heterocycles. The molecule has 2 aromatic heterocycles. The summed E-state index contributed by atoms with van der Waals surface area (Å²) in [7, 11) is 0. The molecule has 0 aromatic carbocycles. The van der Waals surface area contributed by atoms with Gasteiger partial charge in [0, 0.05) is 16.8 Å². The fraction of sp³-hybridized carbons (Fsp3) is 0.308. The number of anilines is 2. The lowest BCUT2D eigenvalue weighted by Gasteiger charge is -2.13. The summed E-state index contributed by atoms with van der Waals surface area (Å²) in [5, 5.41) is 5.29. The van der Waals surface area contributed by atoms with Crippen molar-refractivity contribution >= 4 is 22.7 Å². The highest BCUT2D eigenvalue weighted by molar-refractivity contribution is 7.10. The minimum atomic E-state index is 0.104. The molecular formula is C13H17N3OS. The zero-order valence-electron chi connectivity index (χ0n) is 10.5. The fourth-order valence-electron chi connectivity index (χ4n) is 1.51. The first-order valence-electron chi connectivity index (χ1n) is 5.84. The predicted octanol–water partition coefficient (Wildman–Crippen LogP) is 3.12. The maximum Gasteiger partial charge on any atom is 0.237 e. The van der Waals surface area contributed by atoms with Gasteiger partial charge in [0.2, 0.25) is 5.88 Å². The van der Waals surface area contributed by atoms with Crippen molar-refractivity contribution in [1.82, 2.24) is 4.98 Å². The number of nitrogen functional groups attached to an aromatic ring is 1. The number of ether oxygens (including phenoxy) is 1. The van der Waals surface area contributed by atoms with Crippen LogP contribution < -0.4 is 15.8 Å². The molecule has 0 saturated heterocycles. The Morgan fingerprint density at radius 2 is 2.28 bits per heavy atom. The molecule has 0 spiro atoms. The van der Waals surface area contributed by atoms with Gasteiger partial charge in [-0.3, -0.25) is 0 Å². The highest BCUT2D eigenvalue weighted by atomic mass is 32.1. The summed E-state index contributed by atoms with van der Waals surface area (Å²) in [6.45, 7) is 4.65. The van der Waals surface area contributed by atoms with Gasteiger partial charge < -0.3 is 15.8 Å². The Hall–Kier alpha value is -1.75. The fourth-order valence-corrected chi connectivity index (χ4v) is 2.25. The van der Waals surface area contributed by atoms with Crippen molar-refractivity contribution in [2.24, 2.45) is 0 Å². The van der Waals surface area contributed by atoms with Crippen molar-refractivity contribution < 1.29 is 4.74 Å². The first-order chi connectivity index (χ1) is 8.66. The zero-order chi connectivity index (χ0) is 13.0. The molecule has 2 aromatic rings. The molecule has 18 heavy (non-hydrogen) atoms. The van der Waals surface area contributed by atoms with Gasteiger partial charge in [0.1, 0.15) is 0 Å². The van der Waals surface area contributed by atoms with Gasteiger partial charge in [0.25, 0.3) is 0 Å². The van der Waals surface area contributed by atoms with E-state index in [1.165, 1.54) is 0 Å². The maximum absolute atomic E-state index is 5.85. The van der Waals surface area contributed by atoms with E-state index in [4.69, 9.17) is 10.5 Å². The van der Waals surface area contributed by atoms with Gasteiger partial charge in [-0.25, -0.2) is 4.98 Å². The van der Waals surface area contributed by atoms with Crippen molar-refractivity contribution in [3.63, 3.8) is 0 Å². The molecule has 2 rings (SSSR count). The van der Waals surface area contributed by atoms with Gasteiger partial charge in [-0.15, -0.1) is 11.3 Å². The average Bonchev–Trinajstić information content (AvgIpc) is 2.73. The molecule has 4 nitrogen and oxygen atoms in total. The normalized spacial score (nSPS) is 10.6. The number of thiophene rings is 1. The van der Waals surface area contributed by atoms with Crippen LogP contribution in [-0.2, 0) is 6.54 Å². The molecular weight excluding hydrogens is 246 g/mol. The Bertz CT molecular complexity index is 510. The molecule has 0 radical (unpaired) electrons. The minimum Gasteiger partial charge on any atom is -0.473 e. The molecule has 0 amide bonds. The first kappa shape index (κ1) is 12.7. The Morgan fingerprint density at radius 3 is 2.94 bits per heavy atom. The van der Waals surface area contributed by atoms with E-state index in [1.807, 2.05) is 37.4 Å². The Labute approximate surface area is 111 Å². The third-order valence-electron chi connectivity index (χ3n) is 2.34. The van der Waals surface area contributed by atoms with Crippen LogP contribution >= 0.6 is 11.3 Å². The molecule has 96 valence electrons. The van der Waals surface area contributed by atoms with E-state index >= 15 is 0 Å². The topological polar surface area (TPSA) is 60.2 Å². The molecule has 0 aliphatic rings. The van der Waals surface area contributed by atoms with Crippen molar-refractivity contribution in [3.05, 3.63) is 34.7 Å². The highest BCUT2D eigenvalue weighted by Crippen LogP contribution is 2.25. The predicted molar refractivity (Wildman–Crippen MR) is 76.1 cm³/mol. The van der Waals surface area contributed by atoms with Crippen LogP contribution in [0.2, 0.25) is 0 Å². The Balaban J connectivity index is 2.07. The molecule has 0 fully saturated rings. The minimum absolute atomic E-state index is 0.104. The van der Waals surface area contributed by atoms with Gasteiger partial charge in [-0.1, -0.05) is 0 Å². The summed E-state index contributed by atoms with van der Waals surface area (Å²) in [5.74, 6) is 0.627. The second-order valence-electron chi connectivity index (χ2n) is 4.18. The highest BCUT2D eigenvalue weighted by Gasteiger charge is 2.07. The number of pyridine rings is 1. The van der Waals surface area contributed by atoms with Gasteiger partial charge in [-0.2, -0.15) is 0 Å². The number of nitrogens with two attached hydrogens (primary N) is 1. The van der Waals surface area contributed by atoms with Crippen LogP contribution in [0.4, 0.5) is 11.4 Å². The second kappa shape index (κ2) is 5.73. The van der Waals surface area contributed by atoms with Crippen molar-refractivity contribution in [2.75, 3.05) is 11.1 Å². The molecule has 5 heteroatoms. The third-order valence-corrected chi connectivity index (χ3v) is 3.27. The lowest BCUT2D eigenvalue weighted by molar-refractivity contribution is 0.234. The number of aromatic nitrogens is 1. The quantitative estimate of drug-likeness (QED) is 0.870. The summed E-state index contributed by atoms with van der Waals surface area (Å²) in [5.41, 5.74) is 7.56. The smallest absolute Gasteiger partial charge is 0.237 e. The van der Waals surface area contributed by atoms with Gasteiger partial charge in [-0.05, 0) is 37.4 Å². The van der Waals surface area contributed by atoms with Crippen LogP contribution in [0.15, 0.2) is 29.8 Å². The monoisotopic (exact) mass is 263 g/mol. The van der Waals surface area contributed by atoms with Crippen LogP contribution in [0.5, 0.6) is 5.88 Å². The summed E-state index contributed by atoms with van der Waals surface area (Å²) < 4.78 is 5.64. The zero-order valence-corrected chi connectivity index (χ0v) is 11.3. The van der Waals surface area contributed by atoms with Crippen LogP contribution in [0, 0.1) is 0 Å². The lowest BCUT2D eigenvalue weighted by Crippen LogP contribution is -2.10. The van der Waals surface area contributed by atoms with E-state index in [1.54, 1.807) is 17.5 Å². The van der Waals surface area contributed by atoms with Gasteiger partial charge >= 0.3 is 0 Å². The lowest BCUT2D eigenvalue weighted by atomic mass is 10.3. The SMILES string of the molecule is CC(C)Oc1ncccc1NCc1sccc1N. The summed E-state index contributed by atoms with van der Waals surface area (Å²) >= 11 is 1.64. The molecule has 2 heterocycles. The van der Waals surface area contributed by atoms with E-state index < -0.39 is 0 Å². The van der Waals surface area contributed by atoms with Gasteiger partial charge in [0.15, 0.2) is 0 Å². The molecule has 0 aliphatic carbocycles. The van der Waals surface area contributed by atoms with Crippen LogP contribution in [0.3, 0.4) is 0 Å².